The van der Waals surface area contributed by atoms with E-state index in [0.29, 0.717) is 17.7 Å². The number of carbonyl (C=O) groups excluding carboxylic acids is 2. The van der Waals surface area contributed by atoms with Crippen LogP contribution in [0.2, 0.25) is 0 Å². The molecule has 0 fully saturated rings. The molecule has 2 amide bonds. The summed E-state index contributed by atoms with van der Waals surface area (Å²) in [5.74, 6) is -1.31. The largest absolute Gasteiger partial charge is 0.352 e. The fraction of sp³-hybridized carbons (Fsp3) is 0.355. The van der Waals surface area contributed by atoms with Gasteiger partial charge in [0.2, 0.25) is 11.8 Å². The smallest absolute Gasteiger partial charge is 0.264 e. The molecule has 7 nitrogen and oxygen atoms in total. The van der Waals surface area contributed by atoms with Crippen molar-refractivity contribution in [1.29, 1.82) is 0 Å². The zero-order chi connectivity index (χ0) is 29.6. The molecule has 3 rings (SSSR count). The van der Waals surface area contributed by atoms with E-state index in [4.69, 9.17) is 0 Å². The number of hydrogen-bond acceptors (Lipinski definition) is 4. The first kappa shape index (κ1) is 30.8. The molecule has 0 saturated heterocycles. The number of rotatable bonds is 11. The van der Waals surface area contributed by atoms with Crippen LogP contribution in [0, 0.1) is 26.6 Å². The number of sulfonamides is 1. The van der Waals surface area contributed by atoms with Gasteiger partial charge in [-0.3, -0.25) is 13.9 Å². The predicted molar refractivity (Wildman–Crippen MR) is 156 cm³/mol. The van der Waals surface area contributed by atoms with E-state index in [9.17, 15) is 22.4 Å². The summed E-state index contributed by atoms with van der Waals surface area (Å²) < 4.78 is 42.8. The molecule has 0 unspecified atom stereocenters. The number of hydrogen-bond donors (Lipinski definition) is 1. The Morgan fingerprint density at radius 3 is 2.12 bits per heavy atom. The molecule has 40 heavy (non-hydrogen) atoms. The van der Waals surface area contributed by atoms with Gasteiger partial charge in [0.1, 0.15) is 18.4 Å². The summed E-state index contributed by atoms with van der Waals surface area (Å²) in [6.07, 6.45) is 0.305. The Balaban J connectivity index is 2.10. The predicted octanol–water partition coefficient (Wildman–Crippen LogP) is 5.28. The summed E-state index contributed by atoms with van der Waals surface area (Å²) in [6, 6.07) is 16.4. The van der Waals surface area contributed by atoms with Crippen molar-refractivity contribution in [3.8, 4) is 0 Å². The van der Waals surface area contributed by atoms with Crippen LogP contribution in [-0.4, -0.2) is 43.8 Å². The Morgan fingerprint density at radius 2 is 1.55 bits per heavy atom. The molecular formula is C31H38FN3O4S. The molecule has 0 spiro atoms. The van der Waals surface area contributed by atoms with E-state index in [0.717, 1.165) is 21.0 Å². The van der Waals surface area contributed by atoms with Crippen LogP contribution in [0.5, 0.6) is 0 Å². The summed E-state index contributed by atoms with van der Waals surface area (Å²) in [4.78, 5) is 28.7. The van der Waals surface area contributed by atoms with Crippen molar-refractivity contribution in [2.75, 3.05) is 10.8 Å². The van der Waals surface area contributed by atoms with Gasteiger partial charge in [-0.25, -0.2) is 12.8 Å². The molecule has 0 aliphatic heterocycles. The summed E-state index contributed by atoms with van der Waals surface area (Å²) in [6.45, 7) is 10.5. The standard InChI is InChI=1S/C31H38FN3O4S/c1-7-28(31(37)33-21(2)3)34(19-25-13-15-26(32)16-14-25)30(36)20-35(29-10-8-9-23(5)24(29)6)40(38,39)27-17-11-22(4)12-18-27/h8-18,21,28H,7,19-20H2,1-6H3,(H,33,37)/t28-/m1/s1. The van der Waals surface area contributed by atoms with Crippen molar-refractivity contribution in [3.05, 3.63) is 94.8 Å². The monoisotopic (exact) mass is 567 g/mol. The molecule has 0 heterocycles. The summed E-state index contributed by atoms with van der Waals surface area (Å²) in [5, 5.41) is 2.86. The van der Waals surface area contributed by atoms with E-state index in [1.165, 1.54) is 29.2 Å². The number of nitrogens with zero attached hydrogens (tertiary/aromatic N) is 2. The first-order valence-electron chi connectivity index (χ1n) is 13.3. The number of anilines is 1. The lowest BCUT2D eigenvalue weighted by Gasteiger charge is -2.34. The molecule has 0 bridgehead atoms. The summed E-state index contributed by atoms with van der Waals surface area (Å²) in [5.41, 5.74) is 3.50. The van der Waals surface area contributed by atoms with Crippen LogP contribution in [0.4, 0.5) is 10.1 Å². The molecule has 214 valence electrons. The average Bonchev–Trinajstić information content (AvgIpc) is 2.89. The van der Waals surface area contributed by atoms with Crippen LogP contribution in [0.1, 0.15) is 49.4 Å². The number of benzene rings is 3. The molecule has 0 radical (unpaired) electrons. The number of carbonyl (C=O) groups is 2. The van der Waals surface area contributed by atoms with Crippen molar-refractivity contribution < 1.29 is 22.4 Å². The zero-order valence-electron chi connectivity index (χ0n) is 23.9. The molecule has 0 saturated carbocycles. The van der Waals surface area contributed by atoms with Crippen LogP contribution >= 0.6 is 0 Å². The molecular weight excluding hydrogens is 529 g/mol. The van der Waals surface area contributed by atoms with Crippen LogP contribution in [-0.2, 0) is 26.2 Å². The van der Waals surface area contributed by atoms with Crippen LogP contribution in [0.25, 0.3) is 0 Å². The average molecular weight is 568 g/mol. The first-order valence-corrected chi connectivity index (χ1v) is 14.8. The molecule has 1 N–H and O–H groups in total. The normalized spacial score (nSPS) is 12.2. The van der Waals surface area contributed by atoms with Crippen LogP contribution in [0.15, 0.2) is 71.6 Å². The van der Waals surface area contributed by atoms with Gasteiger partial charge in [-0.2, -0.15) is 0 Å². The second-order valence-electron chi connectivity index (χ2n) is 10.3. The molecule has 1 atom stereocenters. The Kier molecular flexibility index (Phi) is 10.1. The summed E-state index contributed by atoms with van der Waals surface area (Å²) >= 11 is 0. The SMILES string of the molecule is CC[C@H](C(=O)NC(C)C)N(Cc1ccc(F)cc1)C(=O)CN(c1cccc(C)c1C)S(=O)(=O)c1ccc(C)cc1. The third kappa shape index (κ3) is 7.27. The minimum atomic E-state index is -4.15. The Bertz CT molecular complexity index is 1440. The van der Waals surface area contributed by atoms with Gasteiger partial charge in [-0.1, -0.05) is 48.9 Å². The summed E-state index contributed by atoms with van der Waals surface area (Å²) in [7, 11) is -4.15. The molecule has 0 aromatic heterocycles. The third-order valence-electron chi connectivity index (χ3n) is 6.82. The molecule has 3 aromatic carbocycles. The highest BCUT2D eigenvalue weighted by molar-refractivity contribution is 7.92. The number of amides is 2. The highest BCUT2D eigenvalue weighted by Crippen LogP contribution is 2.29. The Hall–Kier alpha value is -3.72. The van der Waals surface area contributed by atoms with Crippen molar-refractivity contribution in [2.24, 2.45) is 0 Å². The van der Waals surface area contributed by atoms with Gasteiger partial charge in [0.05, 0.1) is 10.6 Å². The van der Waals surface area contributed by atoms with E-state index in [1.54, 1.807) is 43.3 Å². The van der Waals surface area contributed by atoms with E-state index in [1.807, 2.05) is 40.7 Å². The van der Waals surface area contributed by atoms with Gasteiger partial charge in [0.25, 0.3) is 10.0 Å². The lowest BCUT2D eigenvalue weighted by molar-refractivity contribution is -0.140. The van der Waals surface area contributed by atoms with Gasteiger partial charge in [-0.15, -0.1) is 0 Å². The van der Waals surface area contributed by atoms with E-state index in [2.05, 4.69) is 5.32 Å². The third-order valence-corrected chi connectivity index (χ3v) is 8.59. The maximum absolute atomic E-state index is 14.1. The Labute approximate surface area is 237 Å². The van der Waals surface area contributed by atoms with E-state index < -0.39 is 34.3 Å². The lowest BCUT2D eigenvalue weighted by Crippen LogP contribution is -2.53. The second-order valence-corrected chi connectivity index (χ2v) is 12.1. The fourth-order valence-corrected chi connectivity index (χ4v) is 5.91. The van der Waals surface area contributed by atoms with Crippen molar-refractivity contribution in [3.63, 3.8) is 0 Å². The molecule has 0 aliphatic carbocycles. The minimum Gasteiger partial charge on any atom is -0.352 e. The number of nitrogens with one attached hydrogen (secondary N) is 1. The lowest BCUT2D eigenvalue weighted by atomic mass is 10.1. The molecule has 0 aliphatic rings. The number of halogens is 1. The fourth-order valence-electron chi connectivity index (χ4n) is 4.44. The second kappa shape index (κ2) is 13.1. The molecule has 9 heteroatoms. The van der Waals surface area contributed by atoms with Crippen molar-refractivity contribution in [1.82, 2.24) is 10.2 Å². The number of aryl methyl sites for hydroxylation is 2. The van der Waals surface area contributed by atoms with Gasteiger partial charge < -0.3 is 10.2 Å². The first-order chi connectivity index (χ1) is 18.8. The highest BCUT2D eigenvalue weighted by atomic mass is 32.2. The topological polar surface area (TPSA) is 86.8 Å². The maximum Gasteiger partial charge on any atom is 0.264 e. The van der Waals surface area contributed by atoms with Crippen molar-refractivity contribution >= 4 is 27.5 Å². The van der Waals surface area contributed by atoms with Crippen LogP contribution < -0.4 is 9.62 Å². The van der Waals surface area contributed by atoms with Gasteiger partial charge in [0.15, 0.2) is 0 Å². The molecule has 3 aromatic rings. The minimum absolute atomic E-state index is 0.00829. The Morgan fingerprint density at radius 1 is 0.925 bits per heavy atom. The van der Waals surface area contributed by atoms with E-state index in [-0.39, 0.29) is 23.4 Å². The maximum atomic E-state index is 14.1. The van der Waals surface area contributed by atoms with Gasteiger partial charge in [0, 0.05) is 12.6 Å². The van der Waals surface area contributed by atoms with Crippen molar-refractivity contribution in [2.45, 2.75) is 71.5 Å². The van der Waals surface area contributed by atoms with E-state index >= 15 is 0 Å². The zero-order valence-corrected chi connectivity index (χ0v) is 24.8. The van der Waals surface area contributed by atoms with Crippen LogP contribution in [0.3, 0.4) is 0 Å². The van der Waals surface area contributed by atoms with Gasteiger partial charge in [-0.05, 0) is 88.1 Å². The van der Waals surface area contributed by atoms with Gasteiger partial charge >= 0.3 is 0 Å². The highest BCUT2D eigenvalue weighted by Gasteiger charge is 2.34. The quantitative estimate of drug-likeness (QED) is 0.342.